The van der Waals surface area contributed by atoms with E-state index in [1.54, 1.807) is 13.0 Å². The maximum atomic E-state index is 11.4. The van der Waals surface area contributed by atoms with Gasteiger partial charge in [-0.05, 0) is 5.56 Å². The third-order valence-electron chi connectivity index (χ3n) is 2.97. The number of ether oxygens (including phenoxy) is 1. The maximum absolute atomic E-state index is 11.4. The highest BCUT2D eigenvalue weighted by Gasteiger charge is 2.21. The average molecular weight is 279 g/mol. The summed E-state index contributed by atoms with van der Waals surface area (Å²) in [6, 6.07) is 9.28. The van der Waals surface area contributed by atoms with Gasteiger partial charge in [-0.1, -0.05) is 43.3 Å². The van der Waals surface area contributed by atoms with Gasteiger partial charge in [0.05, 0.1) is 12.2 Å². The Balaban J connectivity index is 2.27. The zero-order valence-corrected chi connectivity index (χ0v) is 11.5. The van der Waals surface area contributed by atoms with E-state index < -0.39 is 18.3 Å². The molecule has 110 valence electrons. The van der Waals surface area contributed by atoms with Crippen LogP contribution in [-0.4, -0.2) is 35.1 Å². The first-order chi connectivity index (χ1) is 9.54. The number of nitrogens with one attached hydrogen (secondary N) is 1. The fraction of sp³-hybridized carbons (Fsp3) is 0.400. The molecule has 0 spiro atoms. The standard InChI is InChI=1S/C15H21NO4/c1-3-11(2)14(18)13(17)9-16-15(19)20-10-12-7-5-4-6-8-12/h3-8,11,13-14,17-18H,1,9-10H2,2H3,(H,16,19)/t11-,13+,14+/m1/s1. The molecule has 1 amide bonds. The SMILES string of the molecule is C=C[C@@H](C)[C@H](O)[C@@H](O)CNC(=O)OCc1ccccc1. The minimum Gasteiger partial charge on any atom is -0.445 e. The molecule has 0 radical (unpaired) electrons. The quantitative estimate of drug-likeness (QED) is 0.660. The molecule has 0 saturated carbocycles. The molecule has 5 nitrogen and oxygen atoms in total. The molecule has 20 heavy (non-hydrogen) atoms. The van der Waals surface area contributed by atoms with Crippen LogP contribution in [0, 0.1) is 5.92 Å². The smallest absolute Gasteiger partial charge is 0.407 e. The normalized spacial score (nSPS) is 14.9. The first kappa shape index (κ1) is 16.2. The summed E-state index contributed by atoms with van der Waals surface area (Å²) < 4.78 is 4.98. The van der Waals surface area contributed by atoms with Gasteiger partial charge in [0.1, 0.15) is 6.61 Å². The van der Waals surface area contributed by atoms with Gasteiger partial charge in [-0.25, -0.2) is 4.79 Å². The van der Waals surface area contributed by atoms with E-state index in [1.165, 1.54) is 0 Å². The Bertz CT molecular complexity index is 421. The summed E-state index contributed by atoms with van der Waals surface area (Å²) in [5.74, 6) is -0.257. The van der Waals surface area contributed by atoms with Gasteiger partial charge < -0.3 is 20.3 Å². The van der Waals surface area contributed by atoms with E-state index in [-0.39, 0.29) is 19.1 Å². The Labute approximate surface area is 118 Å². The van der Waals surface area contributed by atoms with Crippen molar-refractivity contribution in [3.63, 3.8) is 0 Å². The van der Waals surface area contributed by atoms with E-state index in [4.69, 9.17) is 4.74 Å². The predicted octanol–water partition coefficient (Wildman–Crippen LogP) is 1.46. The molecule has 0 fully saturated rings. The minimum atomic E-state index is -1.06. The number of amides is 1. The van der Waals surface area contributed by atoms with Crippen LogP contribution < -0.4 is 5.32 Å². The first-order valence-corrected chi connectivity index (χ1v) is 6.47. The van der Waals surface area contributed by atoms with Gasteiger partial charge in [0.15, 0.2) is 0 Å². The Morgan fingerprint density at radius 1 is 1.40 bits per heavy atom. The molecule has 3 atom stereocenters. The number of aliphatic hydroxyl groups excluding tert-OH is 2. The average Bonchev–Trinajstić information content (AvgIpc) is 2.49. The number of carbonyl (C=O) groups excluding carboxylic acids is 1. The second-order valence-electron chi connectivity index (χ2n) is 4.60. The first-order valence-electron chi connectivity index (χ1n) is 6.47. The summed E-state index contributed by atoms with van der Waals surface area (Å²) in [5, 5.41) is 21.8. The van der Waals surface area contributed by atoms with E-state index in [0.29, 0.717) is 0 Å². The molecule has 0 aliphatic heterocycles. The van der Waals surface area contributed by atoms with Gasteiger partial charge in [-0.3, -0.25) is 0 Å². The molecule has 0 aliphatic rings. The fourth-order valence-electron chi connectivity index (χ4n) is 1.57. The fourth-order valence-corrected chi connectivity index (χ4v) is 1.57. The van der Waals surface area contributed by atoms with Crippen LogP contribution in [0.1, 0.15) is 12.5 Å². The highest BCUT2D eigenvalue weighted by molar-refractivity contribution is 5.67. The van der Waals surface area contributed by atoms with E-state index in [1.807, 2.05) is 30.3 Å². The maximum Gasteiger partial charge on any atom is 0.407 e. The van der Waals surface area contributed by atoms with Crippen LogP contribution in [0.4, 0.5) is 4.79 Å². The number of alkyl carbamates (subject to hydrolysis) is 1. The van der Waals surface area contributed by atoms with Crippen LogP contribution >= 0.6 is 0 Å². The molecule has 1 aromatic rings. The van der Waals surface area contributed by atoms with Gasteiger partial charge in [0.2, 0.25) is 0 Å². The third kappa shape index (κ3) is 5.42. The summed E-state index contributed by atoms with van der Waals surface area (Å²) in [4.78, 5) is 11.4. The molecule has 0 heterocycles. The lowest BCUT2D eigenvalue weighted by Gasteiger charge is -2.21. The zero-order chi connectivity index (χ0) is 15.0. The summed E-state index contributed by atoms with van der Waals surface area (Å²) in [6.07, 6.45) is -1.12. The zero-order valence-electron chi connectivity index (χ0n) is 11.5. The van der Waals surface area contributed by atoms with Crippen molar-refractivity contribution in [2.45, 2.75) is 25.7 Å². The van der Waals surface area contributed by atoms with Gasteiger partial charge in [0.25, 0.3) is 0 Å². The summed E-state index contributed by atoms with van der Waals surface area (Å²) in [7, 11) is 0. The van der Waals surface area contributed by atoms with Gasteiger partial charge in [-0.2, -0.15) is 0 Å². The largest absolute Gasteiger partial charge is 0.445 e. The molecule has 0 saturated heterocycles. The Hall–Kier alpha value is -1.85. The molecule has 0 bridgehead atoms. The molecule has 3 N–H and O–H groups in total. The molecular weight excluding hydrogens is 258 g/mol. The van der Waals surface area contributed by atoms with E-state index >= 15 is 0 Å². The minimum absolute atomic E-state index is 0.0764. The third-order valence-corrected chi connectivity index (χ3v) is 2.97. The van der Waals surface area contributed by atoms with Crippen LogP contribution in [0.15, 0.2) is 43.0 Å². The van der Waals surface area contributed by atoms with Crippen LogP contribution in [0.2, 0.25) is 0 Å². The molecule has 5 heteroatoms. The summed E-state index contributed by atoms with van der Waals surface area (Å²) in [6.45, 7) is 5.35. The monoisotopic (exact) mass is 279 g/mol. The molecule has 1 rings (SSSR count). The Kier molecular flexibility index (Phi) is 6.76. The van der Waals surface area contributed by atoms with E-state index in [9.17, 15) is 15.0 Å². The number of carbonyl (C=O) groups is 1. The molecule has 0 aromatic heterocycles. The van der Waals surface area contributed by atoms with Gasteiger partial charge in [0, 0.05) is 12.5 Å². The van der Waals surface area contributed by atoms with Crippen LogP contribution in [0.5, 0.6) is 0 Å². The molecule has 1 aromatic carbocycles. The van der Waals surface area contributed by atoms with Gasteiger partial charge >= 0.3 is 6.09 Å². The van der Waals surface area contributed by atoms with E-state index in [0.717, 1.165) is 5.56 Å². The van der Waals surface area contributed by atoms with Crippen LogP contribution in [0.3, 0.4) is 0 Å². The number of hydrogen-bond donors (Lipinski definition) is 3. The molecular formula is C15H21NO4. The van der Waals surface area contributed by atoms with Crippen LogP contribution in [0.25, 0.3) is 0 Å². The van der Waals surface area contributed by atoms with Crippen molar-refractivity contribution >= 4 is 6.09 Å². The lowest BCUT2D eigenvalue weighted by molar-refractivity contribution is -0.000435. The Morgan fingerprint density at radius 3 is 2.65 bits per heavy atom. The van der Waals surface area contributed by atoms with Crippen molar-refractivity contribution in [1.29, 1.82) is 0 Å². The second-order valence-corrected chi connectivity index (χ2v) is 4.60. The lowest BCUT2D eigenvalue weighted by atomic mass is 10.00. The topological polar surface area (TPSA) is 78.8 Å². The highest BCUT2D eigenvalue weighted by atomic mass is 16.5. The van der Waals surface area contributed by atoms with Crippen molar-refractivity contribution in [2.75, 3.05) is 6.54 Å². The number of benzene rings is 1. The molecule has 0 unspecified atom stereocenters. The lowest BCUT2D eigenvalue weighted by Crippen LogP contribution is -2.41. The van der Waals surface area contributed by atoms with E-state index in [2.05, 4.69) is 11.9 Å². The van der Waals surface area contributed by atoms with Gasteiger partial charge in [-0.15, -0.1) is 6.58 Å². The van der Waals surface area contributed by atoms with Crippen molar-refractivity contribution < 1.29 is 19.7 Å². The number of aliphatic hydroxyl groups is 2. The van der Waals surface area contributed by atoms with Crippen molar-refractivity contribution in [3.8, 4) is 0 Å². The second kappa shape index (κ2) is 8.35. The summed E-state index contributed by atoms with van der Waals surface area (Å²) in [5.41, 5.74) is 0.878. The van der Waals surface area contributed by atoms with Crippen molar-refractivity contribution in [3.05, 3.63) is 48.6 Å². The predicted molar refractivity (Wildman–Crippen MR) is 76.0 cm³/mol. The number of rotatable bonds is 7. The summed E-state index contributed by atoms with van der Waals surface area (Å²) >= 11 is 0. The molecule has 0 aliphatic carbocycles. The van der Waals surface area contributed by atoms with Crippen molar-refractivity contribution in [1.82, 2.24) is 5.32 Å². The van der Waals surface area contributed by atoms with Crippen molar-refractivity contribution in [2.24, 2.45) is 5.92 Å². The number of hydrogen-bond acceptors (Lipinski definition) is 4. The highest BCUT2D eigenvalue weighted by Crippen LogP contribution is 2.08. The Morgan fingerprint density at radius 2 is 2.05 bits per heavy atom. The van der Waals surface area contributed by atoms with Crippen LogP contribution in [-0.2, 0) is 11.3 Å².